The van der Waals surface area contributed by atoms with Gasteiger partial charge in [0.1, 0.15) is 11.5 Å². The van der Waals surface area contributed by atoms with E-state index in [1.807, 2.05) is 6.92 Å². The van der Waals surface area contributed by atoms with E-state index in [9.17, 15) is 24.5 Å². The molecule has 0 spiro atoms. The number of carbonyl (C=O) groups is 3. The molecule has 4 rings (SSSR count). The second-order valence-corrected chi connectivity index (χ2v) is 7.78. The van der Waals surface area contributed by atoms with Crippen LogP contribution in [0.5, 0.6) is 11.5 Å². The lowest BCUT2D eigenvalue weighted by atomic mass is 9.99. The second kappa shape index (κ2) is 8.53. The van der Waals surface area contributed by atoms with Gasteiger partial charge in [0.15, 0.2) is 18.5 Å². The minimum atomic E-state index is -0.968. The molecule has 2 atom stereocenters. The van der Waals surface area contributed by atoms with Crippen LogP contribution in [0.1, 0.15) is 37.6 Å². The lowest BCUT2D eigenvalue weighted by molar-refractivity contribution is -0.384. The first-order valence-corrected chi connectivity index (χ1v) is 10.7. The number of anilines is 2. The summed E-state index contributed by atoms with van der Waals surface area (Å²) in [5.41, 5.74) is 0.735. The minimum absolute atomic E-state index is 0.0687. The van der Waals surface area contributed by atoms with Gasteiger partial charge in [0.05, 0.1) is 22.3 Å². The lowest BCUT2D eigenvalue weighted by Crippen LogP contribution is -2.52. The number of fused-ring (bicyclic) bond motifs is 2. The van der Waals surface area contributed by atoms with Gasteiger partial charge in [-0.3, -0.25) is 29.4 Å². The Morgan fingerprint density at radius 3 is 2.55 bits per heavy atom. The topological polar surface area (TPSA) is 119 Å². The number of benzene rings is 2. The van der Waals surface area contributed by atoms with Crippen LogP contribution >= 0.6 is 0 Å². The molecular weight excluding hydrogens is 430 g/mol. The Morgan fingerprint density at radius 1 is 1.15 bits per heavy atom. The van der Waals surface area contributed by atoms with Gasteiger partial charge in [-0.15, -0.1) is 0 Å². The number of carbonyl (C=O) groups excluding carboxylic acids is 3. The van der Waals surface area contributed by atoms with Crippen LogP contribution in [-0.4, -0.2) is 47.8 Å². The van der Waals surface area contributed by atoms with Crippen molar-refractivity contribution in [2.24, 2.45) is 0 Å². The molecule has 10 heteroatoms. The number of likely N-dealkylation sites (N-methyl/N-ethyl adjacent to an activating group) is 1. The Morgan fingerprint density at radius 2 is 1.88 bits per heavy atom. The smallest absolute Gasteiger partial charge is 0.271 e. The van der Waals surface area contributed by atoms with Crippen molar-refractivity contribution in [3.63, 3.8) is 0 Å². The zero-order valence-electron chi connectivity index (χ0n) is 18.4. The minimum Gasteiger partial charge on any atom is -0.482 e. The second-order valence-electron chi connectivity index (χ2n) is 7.78. The van der Waals surface area contributed by atoms with E-state index < -0.39 is 23.0 Å². The van der Waals surface area contributed by atoms with Crippen molar-refractivity contribution in [1.82, 2.24) is 0 Å². The molecular formula is C23H23N3O7. The van der Waals surface area contributed by atoms with E-state index in [0.29, 0.717) is 30.2 Å². The Hall–Kier alpha value is -3.95. The summed E-state index contributed by atoms with van der Waals surface area (Å²) in [6, 6.07) is 7.78. The van der Waals surface area contributed by atoms with E-state index in [-0.39, 0.29) is 35.2 Å². The Labute approximate surface area is 189 Å². The van der Waals surface area contributed by atoms with Crippen molar-refractivity contribution in [2.45, 2.75) is 39.3 Å². The Bertz CT molecular complexity index is 1160. The summed E-state index contributed by atoms with van der Waals surface area (Å²) in [6.45, 7) is 5.52. The molecule has 0 saturated carbocycles. The predicted octanol–water partition coefficient (Wildman–Crippen LogP) is 3.12. The van der Waals surface area contributed by atoms with E-state index in [0.717, 1.165) is 0 Å². The molecule has 2 aliphatic rings. The summed E-state index contributed by atoms with van der Waals surface area (Å²) in [6.07, 6.45) is -0.435. The van der Waals surface area contributed by atoms with Crippen molar-refractivity contribution in [2.75, 3.05) is 23.0 Å². The molecule has 2 unspecified atom stereocenters. The predicted molar refractivity (Wildman–Crippen MR) is 119 cm³/mol. The number of ketones is 1. The number of nitrogens with zero attached hydrogens (tertiary/aromatic N) is 3. The molecule has 2 aliphatic heterocycles. The first-order valence-electron chi connectivity index (χ1n) is 10.7. The van der Waals surface area contributed by atoms with Crippen molar-refractivity contribution >= 4 is 34.7 Å². The SMILES string of the molecule is CCC1Oc2ccc([N+](=O)[O-])cc2N(C(C)C(=O)c2ccc3c(c2)N(CC)C(=O)CO3)C1=O. The van der Waals surface area contributed by atoms with E-state index in [4.69, 9.17) is 9.47 Å². The Balaban J connectivity index is 1.74. The van der Waals surface area contributed by atoms with Crippen LogP contribution in [0.3, 0.4) is 0 Å². The average molecular weight is 453 g/mol. The molecule has 0 N–H and O–H groups in total. The van der Waals surface area contributed by atoms with E-state index in [2.05, 4.69) is 0 Å². The number of amides is 2. The van der Waals surface area contributed by atoms with Crippen LogP contribution in [-0.2, 0) is 9.59 Å². The number of rotatable bonds is 6. The van der Waals surface area contributed by atoms with Gasteiger partial charge in [0.25, 0.3) is 17.5 Å². The molecule has 0 saturated heterocycles. The highest BCUT2D eigenvalue weighted by Gasteiger charge is 2.40. The van der Waals surface area contributed by atoms with Gasteiger partial charge in [0.2, 0.25) is 0 Å². The summed E-state index contributed by atoms with van der Waals surface area (Å²) in [7, 11) is 0. The molecule has 0 aromatic heterocycles. The van der Waals surface area contributed by atoms with Gasteiger partial charge in [-0.2, -0.15) is 0 Å². The summed E-state index contributed by atoms with van der Waals surface area (Å²) < 4.78 is 11.2. The quantitative estimate of drug-likeness (QED) is 0.374. The molecule has 2 amide bonds. The molecule has 0 fully saturated rings. The van der Waals surface area contributed by atoms with E-state index in [1.54, 1.807) is 32.0 Å². The highest BCUT2D eigenvalue weighted by molar-refractivity contribution is 6.11. The largest absolute Gasteiger partial charge is 0.482 e. The summed E-state index contributed by atoms with van der Waals surface area (Å²) in [5, 5.41) is 11.3. The third-order valence-corrected chi connectivity index (χ3v) is 5.84. The number of hydrogen-bond acceptors (Lipinski definition) is 7. The zero-order valence-corrected chi connectivity index (χ0v) is 18.4. The first kappa shape index (κ1) is 22.3. The standard InChI is InChI=1S/C23H23N3O7/c1-4-18-23(29)25(17-11-15(26(30)31)7-9-20(17)33-18)13(3)22(28)14-6-8-19-16(10-14)24(5-2)21(27)12-32-19/h6-11,13,18H,4-5,12H2,1-3H3. The van der Waals surface area contributed by atoms with Crippen LogP contribution < -0.4 is 19.3 Å². The first-order chi connectivity index (χ1) is 15.8. The molecule has 0 aliphatic carbocycles. The number of Topliss-reactive ketones (excluding diaryl/α,β-unsaturated/α-hetero) is 1. The highest BCUT2D eigenvalue weighted by atomic mass is 16.6. The maximum Gasteiger partial charge on any atom is 0.271 e. The van der Waals surface area contributed by atoms with Crippen LogP contribution in [0.25, 0.3) is 0 Å². The lowest BCUT2D eigenvalue weighted by Gasteiger charge is -2.37. The molecule has 2 aromatic rings. The molecule has 33 heavy (non-hydrogen) atoms. The van der Waals surface area contributed by atoms with Gasteiger partial charge in [-0.05, 0) is 44.5 Å². The molecule has 10 nitrogen and oxygen atoms in total. The fourth-order valence-corrected chi connectivity index (χ4v) is 4.10. The van der Waals surface area contributed by atoms with Crippen LogP contribution in [0.15, 0.2) is 36.4 Å². The summed E-state index contributed by atoms with van der Waals surface area (Å²) >= 11 is 0. The zero-order chi connectivity index (χ0) is 23.9. The van der Waals surface area contributed by atoms with Gasteiger partial charge in [-0.25, -0.2) is 0 Å². The van der Waals surface area contributed by atoms with Gasteiger partial charge >= 0.3 is 0 Å². The van der Waals surface area contributed by atoms with E-state index >= 15 is 0 Å². The number of ether oxygens (including phenoxy) is 2. The molecule has 2 heterocycles. The average Bonchev–Trinajstić information content (AvgIpc) is 2.82. The van der Waals surface area contributed by atoms with E-state index in [1.165, 1.54) is 28.0 Å². The van der Waals surface area contributed by atoms with Crippen molar-refractivity contribution < 1.29 is 28.8 Å². The van der Waals surface area contributed by atoms with Gasteiger partial charge in [0, 0.05) is 24.2 Å². The van der Waals surface area contributed by atoms with Crippen molar-refractivity contribution in [3.05, 3.63) is 52.1 Å². The fourth-order valence-electron chi connectivity index (χ4n) is 4.10. The van der Waals surface area contributed by atoms with Crippen molar-refractivity contribution in [1.29, 1.82) is 0 Å². The summed E-state index contributed by atoms with van der Waals surface area (Å²) in [4.78, 5) is 52.3. The van der Waals surface area contributed by atoms with Crippen molar-refractivity contribution in [3.8, 4) is 11.5 Å². The maximum absolute atomic E-state index is 13.5. The number of nitro benzene ring substituents is 1. The van der Waals surface area contributed by atoms with Gasteiger partial charge < -0.3 is 14.4 Å². The summed E-state index contributed by atoms with van der Waals surface area (Å²) in [5.74, 6) is -0.242. The number of hydrogen-bond donors (Lipinski definition) is 0. The molecule has 2 aromatic carbocycles. The molecule has 0 bridgehead atoms. The highest BCUT2D eigenvalue weighted by Crippen LogP contribution is 2.40. The fraction of sp³-hybridized carbons (Fsp3) is 0.348. The number of nitro groups is 1. The van der Waals surface area contributed by atoms with Crippen LogP contribution in [0.4, 0.5) is 17.1 Å². The third-order valence-electron chi connectivity index (χ3n) is 5.84. The van der Waals surface area contributed by atoms with Crippen LogP contribution in [0.2, 0.25) is 0 Å². The molecule has 0 radical (unpaired) electrons. The third kappa shape index (κ3) is 3.77. The Kier molecular flexibility index (Phi) is 5.75. The number of non-ortho nitro benzene ring substituents is 1. The monoisotopic (exact) mass is 453 g/mol. The molecule has 172 valence electrons. The maximum atomic E-state index is 13.5. The van der Waals surface area contributed by atoms with Gasteiger partial charge in [-0.1, -0.05) is 6.92 Å². The van der Waals surface area contributed by atoms with Crippen LogP contribution in [0, 0.1) is 10.1 Å². The normalized spacial score (nSPS) is 18.1.